The molecule has 3 aromatic rings. The lowest BCUT2D eigenvalue weighted by Crippen LogP contribution is -2.29. The zero-order valence-electron chi connectivity index (χ0n) is 15.1. The van der Waals surface area contributed by atoms with Crippen LogP contribution in [0.2, 0.25) is 0 Å². The van der Waals surface area contributed by atoms with Gasteiger partial charge in [0.25, 0.3) is 5.91 Å². The van der Waals surface area contributed by atoms with Crippen LogP contribution >= 0.6 is 0 Å². The minimum atomic E-state index is -0.125. The lowest BCUT2D eigenvalue weighted by molar-refractivity contribution is 0.0984. The monoisotopic (exact) mass is 360 g/mol. The molecule has 1 N–H and O–H groups in total. The Morgan fingerprint density at radius 1 is 1.11 bits per heavy atom. The number of hydrogen-bond acceptors (Lipinski definition) is 5. The highest BCUT2D eigenvalue weighted by atomic mass is 16.5. The number of fused-ring (bicyclic) bond motifs is 1. The van der Waals surface area contributed by atoms with E-state index >= 15 is 0 Å². The van der Waals surface area contributed by atoms with E-state index in [2.05, 4.69) is 21.4 Å². The minimum absolute atomic E-state index is 0.125. The van der Waals surface area contributed by atoms with Gasteiger partial charge in [-0.3, -0.25) is 4.79 Å². The second-order valence-electron chi connectivity index (χ2n) is 6.20. The molecular weight excluding hydrogens is 340 g/mol. The molecule has 4 rings (SSSR count). The first-order chi connectivity index (χ1) is 13.2. The molecular formula is C21H20N4O2. The fourth-order valence-corrected chi connectivity index (χ4v) is 3.14. The Morgan fingerprint density at radius 3 is 2.67 bits per heavy atom. The zero-order chi connectivity index (χ0) is 18.6. The smallest absolute Gasteiger partial charge is 0.278 e. The molecule has 0 unspecified atom stereocenters. The van der Waals surface area contributed by atoms with E-state index in [-0.39, 0.29) is 5.91 Å². The maximum atomic E-state index is 12.8. The largest absolute Gasteiger partial charge is 0.494 e. The molecule has 136 valence electrons. The third kappa shape index (κ3) is 3.60. The van der Waals surface area contributed by atoms with Crippen LogP contribution in [-0.4, -0.2) is 29.0 Å². The van der Waals surface area contributed by atoms with E-state index in [4.69, 9.17) is 4.74 Å². The van der Waals surface area contributed by atoms with E-state index in [1.807, 2.05) is 49.4 Å². The number of benzene rings is 2. The van der Waals surface area contributed by atoms with Gasteiger partial charge in [-0.05, 0) is 49.2 Å². The number of nitrogens with one attached hydrogen (secondary N) is 1. The highest BCUT2D eigenvalue weighted by Gasteiger charge is 2.26. The van der Waals surface area contributed by atoms with E-state index < -0.39 is 0 Å². The molecule has 0 saturated carbocycles. The quantitative estimate of drug-likeness (QED) is 0.749. The summed E-state index contributed by atoms with van der Waals surface area (Å²) in [6.07, 6.45) is 3.96. The summed E-state index contributed by atoms with van der Waals surface area (Å²) in [5.74, 6) is 1.28. The summed E-state index contributed by atoms with van der Waals surface area (Å²) in [7, 11) is 0. The van der Waals surface area contributed by atoms with Gasteiger partial charge in [-0.1, -0.05) is 18.2 Å². The number of nitrogens with zero attached hydrogens (tertiary/aromatic N) is 3. The molecule has 1 aliphatic rings. The van der Waals surface area contributed by atoms with Crippen molar-refractivity contribution in [1.82, 2.24) is 9.97 Å². The molecule has 1 aliphatic heterocycles. The van der Waals surface area contributed by atoms with E-state index in [0.717, 1.165) is 23.5 Å². The molecule has 1 amide bonds. The van der Waals surface area contributed by atoms with Gasteiger partial charge in [-0.15, -0.1) is 0 Å². The predicted octanol–water partition coefficient (Wildman–Crippen LogP) is 3.82. The lowest BCUT2D eigenvalue weighted by atomic mass is 10.2. The Morgan fingerprint density at radius 2 is 1.93 bits per heavy atom. The maximum Gasteiger partial charge on any atom is 0.278 e. The first kappa shape index (κ1) is 17.0. The molecule has 0 radical (unpaired) electrons. The predicted molar refractivity (Wildman–Crippen MR) is 105 cm³/mol. The van der Waals surface area contributed by atoms with Gasteiger partial charge in [0.15, 0.2) is 0 Å². The molecule has 0 fully saturated rings. The van der Waals surface area contributed by atoms with Crippen molar-refractivity contribution in [3.05, 3.63) is 72.2 Å². The van der Waals surface area contributed by atoms with Gasteiger partial charge in [0, 0.05) is 17.9 Å². The standard InChI is InChI=1S/C21H20N4O2/c1-2-27-17-9-7-16(8-10-17)24-20-14-22-18(13-23-20)21(26)25-12-11-15-5-3-4-6-19(15)25/h3-10,13-14H,2,11-12H2,1H3,(H,23,24). The van der Waals surface area contributed by atoms with Crippen molar-refractivity contribution in [2.45, 2.75) is 13.3 Å². The van der Waals surface area contributed by atoms with Crippen LogP contribution < -0.4 is 15.0 Å². The molecule has 0 aliphatic carbocycles. The third-order valence-electron chi connectivity index (χ3n) is 4.44. The molecule has 2 heterocycles. The van der Waals surface area contributed by atoms with Crippen LogP contribution in [0.25, 0.3) is 0 Å². The van der Waals surface area contributed by atoms with Crippen molar-refractivity contribution < 1.29 is 9.53 Å². The van der Waals surface area contributed by atoms with Crippen LogP contribution in [0.4, 0.5) is 17.2 Å². The molecule has 0 saturated heterocycles. The molecule has 0 bridgehead atoms. The summed E-state index contributed by atoms with van der Waals surface area (Å²) in [6, 6.07) is 15.6. The number of para-hydroxylation sites is 1. The van der Waals surface area contributed by atoms with E-state index in [9.17, 15) is 4.79 Å². The second-order valence-corrected chi connectivity index (χ2v) is 6.20. The van der Waals surface area contributed by atoms with E-state index in [1.165, 1.54) is 11.8 Å². The number of aromatic nitrogens is 2. The third-order valence-corrected chi connectivity index (χ3v) is 4.44. The molecule has 6 heteroatoms. The van der Waals surface area contributed by atoms with Crippen LogP contribution in [-0.2, 0) is 6.42 Å². The molecule has 0 spiro atoms. The molecule has 27 heavy (non-hydrogen) atoms. The van der Waals surface area contributed by atoms with Crippen molar-refractivity contribution in [3.8, 4) is 5.75 Å². The normalized spacial score (nSPS) is 12.6. The Bertz CT molecular complexity index is 939. The summed E-state index contributed by atoms with van der Waals surface area (Å²) in [4.78, 5) is 23.2. The summed E-state index contributed by atoms with van der Waals surface area (Å²) >= 11 is 0. The SMILES string of the molecule is CCOc1ccc(Nc2cnc(C(=O)N3CCc4ccccc43)cn2)cc1. The number of carbonyl (C=O) groups is 1. The van der Waals surface area contributed by atoms with Crippen molar-refractivity contribution in [2.75, 3.05) is 23.4 Å². The topological polar surface area (TPSA) is 67.3 Å². The van der Waals surface area contributed by atoms with Crippen LogP contribution in [0.1, 0.15) is 23.0 Å². The summed E-state index contributed by atoms with van der Waals surface area (Å²) in [6.45, 7) is 3.26. The van der Waals surface area contributed by atoms with E-state index in [1.54, 1.807) is 11.1 Å². The number of carbonyl (C=O) groups excluding carboxylic acids is 1. The summed E-state index contributed by atoms with van der Waals surface area (Å²) < 4.78 is 5.43. The Hall–Kier alpha value is -3.41. The van der Waals surface area contributed by atoms with Crippen molar-refractivity contribution in [2.24, 2.45) is 0 Å². The van der Waals surface area contributed by atoms with Gasteiger partial charge in [-0.25, -0.2) is 9.97 Å². The number of hydrogen-bond donors (Lipinski definition) is 1. The number of amides is 1. The van der Waals surface area contributed by atoms with Crippen LogP contribution in [0, 0.1) is 0 Å². The van der Waals surface area contributed by atoms with Crippen molar-refractivity contribution >= 4 is 23.1 Å². The Labute approximate surface area is 157 Å². The number of anilines is 3. The van der Waals surface area contributed by atoms with Crippen LogP contribution in [0.5, 0.6) is 5.75 Å². The highest BCUT2D eigenvalue weighted by molar-refractivity contribution is 6.05. The molecule has 6 nitrogen and oxygen atoms in total. The van der Waals surface area contributed by atoms with Crippen LogP contribution in [0.15, 0.2) is 60.9 Å². The lowest BCUT2D eigenvalue weighted by Gasteiger charge is -2.16. The number of ether oxygens (including phenoxy) is 1. The fourth-order valence-electron chi connectivity index (χ4n) is 3.14. The van der Waals surface area contributed by atoms with Gasteiger partial charge in [-0.2, -0.15) is 0 Å². The van der Waals surface area contributed by atoms with Gasteiger partial charge in [0.05, 0.1) is 19.0 Å². The fraction of sp³-hybridized carbons (Fsp3) is 0.190. The van der Waals surface area contributed by atoms with Gasteiger partial charge < -0.3 is 15.0 Å². The molecule has 1 aromatic heterocycles. The Balaban J connectivity index is 1.45. The maximum absolute atomic E-state index is 12.8. The summed E-state index contributed by atoms with van der Waals surface area (Å²) in [5, 5.41) is 3.17. The van der Waals surface area contributed by atoms with Gasteiger partial charge >= 0.3 is 0 Å². The first-order valence-electron chi connectivity index (χ1n) is 8.96. The molecule has 2 aromatic carbocycles. The minimum Gasteiger partial charge on any atom is -0.494 e. The second kappa shape index (κ2) is 7.45. The van der Waals surface area contributed by atoms with Crippen molar-refractivity contribution in [1.29, 1.82) is 0 Å². The average Bonchev–Trinajstić information content (AvgIpc) is 3.14. The van der Waals surface area contributed by atoms with Crippen molar-refractivity contribution in [3.63, 3.8) is 0 Å². The first-order valence-corrected chi connectivity index (χ1v) is 8.96. The highest BCUT2D eigenvalue weighted by Crippen LogP contribution is 2.28. The van der Waals surface area contributed by atoms with Crippen LogP contribution in [0.3, 0.4) is 0 Å². The summed E-state index contributed by atoms with van der Waals surface area (Å²) in [5.41, 5.74) is 3.36. The Kier molecular flexibility index (Phi) is 4.70. The number of rotatable bonds is 5. The average molecular weight is 360 g/mol. The zero-order valence-corrected chi connectivity index (χ0v) is 15.1. The molecule has 0 atom stereocenters. The van der Waals surface area contributed by atoms with Gasteiger partial charge in [0.1, 0.15) is 17.3 Å². The van der Waals surface area contributed by atoms with E-state index in [0.29, 0.717) is 24.7 Å². The van der Waals surface area contributed by atoms with Gasteiger partial charge in [0.2, 0.25) is 0 Å².